The van der Waals surface area contributed by atoms with Crippen molar-refractivity contribution in [1.29, 1.82) is 0 Å². The average Bonchev–Trinajstić information content (AvgIpc) is 3.07. The van der Waals surface area contributed by atoms with Gasteiger partial charge in [-0.3, -0.25) is 4.98 Å². The second-order valence-corrected chi connectivity index (χ2v) is 5.05. The molecule has 0 saturated heterocycles. The van der Waals surface area contributed by atoms with Gasteiger partial charge in [-0.15, -0.1) is 0 Å². The maximum atomic E-state index is 4.55. The van der Waals surface area contributed by atoms with Crippen molar-refractivity contribution in [3.63, 3.8) is 0 Å². The number of pyridine rings is 1. The SMILES string of the molecule is Cc1cn(Cc2ccncc2C)c(NC2CC2)n1. The molecule has 4 nitrogen and oxygen atoms in total. The van der Waals surface area contributed by atoms with Gasteiger partial charge in [-0.2, -0.15) is 0 Å². The van der Waals surface area contributed by atoms with Crippen LogP contribution < -0.4 is 5.32 Å². The van der Waals surface area contributed by atoms with Gasteiger partial charge in [0, 0.05) is 24.6 Å². The van der Waals surface area contributed by atoms with E-state index < -0.39 is 0 Å². The Balaban J connectivity index is 1.85. The number of aromatic nitrogens is 3. The monoisotopic (exact) mass is 242 g/mol. The summed E-state index contributed by atoms with van der Waals surface area (Å²) in [7, 11) is 0. The predicted octanol–water partition coefficient (Wildman–Crippen LogP) is 2.52. The highest BCUT2D eigenvalue weighted by molar-refractivity contribution is 5.34. The third kappa shape index (κ3) is 2.37. The summed E-state index contributed by atoms with van der Waals surface area (Å²) in [5, 5.41) is 3.48. The van der Waals surface area contributed by atoms with E-state index in [0.29, 0.717) is 6.04 Å². The van der Waals surface area contributed by atoms with E-state index in [1.807, 2.05) is 19.3 Å². The first kappa shape index (κ1) is 11.3. The van der Waals surface area contributed by atoms with Crippen molar-refractivity contribution >= 4 is 5.95 Å². The molecule has 4 heteroatoms. The number of nitrogens with zero attached hydrogens (tertiary/aromatic N) is 3. The molecule has 1 N–H and O–H groups in total. The summed E-state index contributed by atoms with van der Waals surface area (Å²) in [5.74, 6) is 0.992. The molecular formula is C14H18N4. The van der Waals surface area contributed by atoms with Gasteiger partial charge in [0.05, 0.1) is 12.2 Å². The van der Waals surface area contributed by atoms with Crippen LogP contribution in [0.15, 0.2) is 24.7 Å². The van der Waals surface area contributed by atoms with E-state index in [2.05, 4.69) is 39.0 Å². The molecule has 3 rings (SSSR count). The molecule has 0 bridgehead atoms. The Bertz CT molecular complexity index is 555. The standard InChI is InChI=1S/C14H18N4/c1-10-7-15-6-5-12(10)9-18-8-11(2)16-14(18)17-13-3-4-13/h5-8,13H,3-4,9H2,1-2H3,(H,16,17). The van der Waals surface area contributed by atoms with Crippen molar-refractivity contribution in [1.82, 2.24) is 14.5 Å². The summed E-state index contributed by atoms with van der Waals surface area (Å²) >= 11 is 0. The van der Waals surface area contributed by atoms with Gasteiger partial charge in [-0.1, -0.05) is 0 Å². The average molecular weight is 242 g/mol. The van der Waals surface area contributed by atoms with Gasteiger partial charge in [0.25, 0.3) is 0 Å². The lowest BCUT2D eigenvalue weighted by molar-refractivity contribution is 0.789. The molecule has 1 aliphatic carbocycles. The lowest BCUT2D eigenvalue weighted by Gasteiger charge is -2.10. The van der Waals surface area contributed by atoms with Crippen molar-refractivity contribution in [2.24, 2.45) is 0 Å². The largest absolute Gasteiger partial charge is 0.353 e. The van der Waals surface area contributed by atoms with Crippen LogP contribution in [0.25, 0.3) is 0 Å². The van der Waals surface area contributed by atoms with Crippen molar-refractivity contribution in [3.05, 3.63) is 41.5 Å². The zero-order valence-electron chi connectivity index (χ0n) is 10.8. The maximum Gasteiger partial charge on any atom is 0.203 e. The summed E-state index contributed by atoms with van der Waals surface area (Å²) in [6, 6.07) is 2.70. The molecule has 0 spiro atoms. The van der Waals surface area contributed by atoms with E-state index >= 15 is 0 Å². The number of hydrogen-bond donors (Lipinski definition) is 1. The molecule has 1 fully saturated rings. The van der Waals surface area contributed by atoms with E-state index in [4.69, 9.17) is 0 Å². The smallest absolute Gasteiger partial charge is 0.203 e. The van der Waals surface area contributed by atoms with Crippen LogP contribution in [0.2, 0.25) is 0 Å². The fourth-order valence-corrected chi connectivity index (χ4v) is 2.06. The molecule has 0 atom stereocenters. The number of rotatable bonds is 4. The third-order valence-corrected chi connectivity index (χ3v) is 3.28. The number of hydrogen-bond acceptors (Lipinski definition) is 3. The number of aryl methyl sites for hydroxylation is 2. The van der Waals surface area contributed by atoms with Crippen molar-refractivity contribution in [3.8, 4) is 0 Å². The van der Waals surface area contributed by atoms with Gasteiger partial charge in [0.2, 0.25) is 5.95 Å². The Morgan fingerprint density at radius 1 is 1.39 bits per heavy atom. The third-order valence-electron chi connectivity index (χ3n) is 3.28. The van der Waals surface area contributed by atoms with Crippen LogP contribution in [0.5, 0.6) is 0 Å². The second kappa shape index (κ2) is 4.44. The zero-order valence-corrected chi connectivity index (χ0v) is 10.8. The van der Waals surface area contributed by atoms with Crippen LogP contribution in [0.1, 0.15) is 29.7 Å². The number of imidazole rings is 1. The molecule has 94 valence electrons. The molecule has 0 aromatic carbocycles. The molecule has 0 radical (unpaired) electrons. The maximum absolute atomic E-state index is 4.55. The molecule has 18 heavy (non-hydrogen) atoms. The zero-order chi connectivity index (χ0) is 12.5. The van der Waals surface area contributed by atoms with E-state index in [9.17, 15) is 0 Å². The fourth-order valence-electron chi connectivity index (χ4n) is 2.06. The summed E-state index contributed by atoms with van der Waals surface area (Å²) in [6.45, 7) is 4.98. The minimum atomic E-state index is 0.629. The summed E-state index contributed by atoms with van der Waals surface area (Å²) in [5.41, 5.74) is 3.58. The molecule has 0 unspecified atom stereocenters. The van der Waals surface area contributed by atoms with E-state index in [1.165, 1.54) is 24.0 Å². The number of anilines is 1. The predicted molar refractivity (Wildman–Crippen MR) is 71.7 cm³/mol. The van der Waals surface area contributed by atoms with E-state index in [-0.39, 0.29) is 0 Å². The summed E-state index contributed by atoms with van der Waals surface area (Å²) in [4.78, 5) is 8.68. The highest BCUT2D eigenvalue weighted by Crippen LogP contribution is 2.24. The fraction of sp³-hybridized carbons (Fsp3) is 0.429. The number of nitrogens with one attached hydrogen (secondary N) is 1. The summed E-state index contributed by atoms with van der Waals surface area (Å²) < 4.78 is 2.19. The van der Waals surface area contributed by atoms with E-state index in [0.717, 1.165) is 18.2 Å². The van der Waals surface area contributed by atoms with Crippen LogP contribution in [0.3, 0.4) is 0 Å². The molecule has 1 saturated carbocycles. The molecule has 1 aliphatic rings. The molecule has 2 aromatic rings. The first-order valence-electron chi connectivity index (χ1n) is 6.42. The van der Waals surface area contributed by atoms with Crippen LogP contribution >= 0.6 is 0 Å². The van der Waals surface area contributed by atoms with Crippen molar-refractivity contribution in [2.45, 2.75) is 39.3 Å². The Labute approximate surface area is 107 Å². The summed E-state index contributed by atoms with van der Waals surface area (Å²) in [6.07, 6.45) is 8.39. The lowest BCUT2D eigenvalue weighted by Crippen LogP contribution is -2.10. The van der Waals surface area contributed by atoms with Gasteiger partial charge >= 0.3 is 0 Å². The highest BCUT2D eigenvalue weighted by atomic mass is 15.2. The Morgan fingerprint density at radius 3 is 2.94 bits per heavy atom. The van der Waals surface area contributed by atoms with Crippen molar-refractivity contribution in [2.75, 3.05) is 5.32 Å². The molecular weight excluding hydrogens is 224 g/mol. The van der Waals surface area contributed by atoms with Crippen LogP contribution in [-0.2, 0) is 6.54 Å². The first-order valence-corrected chi connectivity index (χ1v) is 6.42. The van der Waals surface area contributed by atoms with Gasteiger partial charge < -0.3 is 9.88 Å². The van der Waals surface area contributed by atoms with Crippen LogP contribution in [-0.4, -0.2) is 20.6 Å². The van der Waals surface area contributed by atoms with E-state index in [1.54, 1.807) is 0 Å². The molecule has 2 heterocycles. The highest BCUT2D eigenvalue weighted by Gasteiger charge is 2.23. The van der Waals surface area contributed by atoms with Crippen LogP contribution in [0, 0.1) is 13.8 Å². The minimum Gasteiger partial charge on any atom is -0.353 e. The molecule has 0 amide bonds. The Morgan fingerprint density at radius 2 is 2.22 bits per heavy atom. The molecule has 2 aromatic heterocycles. The lowest BCUT2D eigenvalue weighted by atomic mass is 10.1. The van der Waals surface area contributed by atoms with Gasteiger partial charge in [0.15, 0.2) is 0 Å². The first-order chi connectivity index (χ1) is 8.72. The minimum absolute atomic E-state index is 0.629. The second-order valence-electron chi connectivity index (χ2n) is 5.05. The van der Waals surface area contributed by atoms with Gasteiger partial charge in [0.1, 0.15) is 0 Å². The van der Waals surface area contributed by atoms with Crippen LogP contribution in [0.4, 0.5) is 5.95 Å². The normalized spacial score (nSPS) is 14.8. The van der Waals surface area contributed by atoms with Crippen molar-refractivity contribution < 1.29 is 0 Å². The van der Waals surface area contributed by atoms with Gasteiger partial charge in [-0.05, 0) is 43.9 Å². The van der Waals surface area contributed by atoms with Gasteiger partial charge in [-0.25, -0.2) is 4.98 Å². The Hall–Kier alpha value is -1.84. The topological polar surface area (TPSA) is 42.7 Å². The molecule has 0 aliphatic heterocycles. The Kier molecular flexibility index (Phi) is 2.78. The quantitative estimate of drug-likeness (QED) is 0.895.